The Labute approximate surface area is 315 Å². The normalized spacial score (nSPS) is 14.3. The van der Waals surface area contributed by atoms with Crippen LogP contribution in [-0.2, 0) is 12.0 Å². The van der Waals surface area contributed by atoms with Gasteiger partial charge in [0.25, 0.3) is 0 Å². The van der Waals surface area contributed by atoms with E-state index in [2.05, 4.69) is 157 Å². The number of fused-ring (bicyclic) bond motifs is 9. The van der Waals surface area contributed by atoms with Crippen LogP contribution in [0.4, 0.5) is 17.1 Å². The molecular weight excluding hydrogens is 657 g/mol. The second-order valence-corrected chi connectivity index (χ2v) is 14.8. The summed E-state index contributed by atoms with van der Waals surface area (Å²) < 4.78 is 2.43. The van der Waals surface area contributed by atoms with E-state index in [1.807, 2.05) is 36.5 Å². The van der Waals surface area contributed by atoms with Crippen molar-refractivity contribution < 1.29 is 0 Å². The number of anilines is 2. The van der Waals surface area contributed by atoms with Gasteiger partial charge in [0.1, 0.15) is 0 Å². The number of rotatable bonds is 6. The van der Waals surface area contributed by atoms with Crippen molar-refractivity contribution in [3.8, 4) is 27.9 Å². The topological polar surface area (TPSA) is 33.4 Å². The van der Waals surface area contributed by atoms with Crippen LogP contribution in [0.25, 0.3) is 66.2 Å². The van der Waals surface area contributed by atoms with Crippen molar-refractivity contribution in [3.63, 3.8) is 0 Å². The van der Waals surface area contributed by atoms with Crippen molar-refractivity contribution >= 4 is 62.1 Å². The molecule has 54 heavy (non-hydrogen) atoms. The predicted molar refractivity (Wildman–Crippen MR) is 229 cm³/mol. The number of aromatic nitrogens is 2. The fourth-order valence-electron chi connectivity index (χ4n) is 9.14. The molecule has 0 atom stereocenters. The second kappa shape index (κ2) is 11.9. The minimum atomic E-state index is -0.188. The highest BCUT2D eigenvalue weighted by Gasteiger charge is 2.36. The number of aliphatic imine (C=N–C) groups is 1. The summed E-state index contributed by atoms with van der Waals surface area (Å²) in [6.45, 7) is 17.6. The minimum absolute atomic E-state index is 0.188. The van der Waals surface area contributed by atoms with Crippen LogP contribution in [0.2, 0.25) is 0 Å². The molecule has 0 saturated carbocycles. The van der Waals surface area contributed by atoms with E-state index in [9.17, 15) is 0 Å². The Morgan fingerprint density at radius 2 is 1.54 bits per heavy atom. The highest BCUT2D eigenvalue weighted by Crippen LogP contribution is 2.51. The lowest BCUT2D eigenvalue weighted by Crippen LogP contribution is -2.22. The van der Waals surface area contributed by atoms with E-state index in [1.165, 1.54) is 55.2 Å². The number of hydrogen-bond acceptors (Lipinski definition) is 3. The molecule has 4 nitrogen and oxygen atoms in total. The third-order valence-corrected chi connectivity index (χ3v) is 11.7. The Morgan fingerprint density at radius 3 is 2.39 bits per heavy atom. The smallest absolute Gasteiger partial charge is 0.0859 e. The van der Waals surface area contributed by atoms with E-state index in [-0.39, 0.29) is 5.41 Å². The summed E-state index contributed by atoms with van der Waals surface area (Å²) in [5.41, 5.74) is 18.1. The first-order chi connectivity index (χ1) is 26.4. The summed E-state index contributed by atoms with van der Waals surface area (Å²) in [5, 5.41) is 3.59. The Kier molecular flexibility index (Phi) is 7.02. The minimum Gasteiger partial charge on any atom is -0.335 e. The van der Waals surface area contributed by atoms with Crippen molar-refractivity contribution in [2.75, 3.05) is 4.90 Å². The van der Waals surface area contributed by atoms with Crippen molar-refractivity contribution in [1.82, 2.24) is 9.55 Å². The monoisotopic (exact) mass is 694 g/mol. The lowest BCUT2D eigenvalue weighted by molar-refractivity contribution is 0.655. The van der Waals surface area contributed by atoms with Crippen LogP contribution in [0.15, 0.2) is 169 Å². The van der Waals surface area contributed by atoms with Crippen LogP contribution < -0.4 is 4.90 Å². The van der Waals surface area contributed by atoms with Gasteiger partial charge in [-0.15, -0.1) is 0 Å². The summed E-state index contributed by atoms with van der Waals surface area (Å²) in [6, 6.07) is 46.1. The molecule has 3 heterocycles. The lowest BCUT2D eigenvalue weighted by Gasteiger charge is -2.34. The van der Waals surface area contributed by atoms with Gasteiger partial charge in [-0.2, -0.15) is 0 Å². The highest BCUT2D eigenvalue weighted by molar-refractivity contribution is 6.11. The first-order valence-corrected chi connectivity index (χ1v) is 18.4. The summed E-state index contributed by atoms with van der Waals surface area (Å²) in [6.07, 6.45) is 5.89. The van der Waals surface area contributed by atoms with Crippen LogP contribution in [0.1, 0.15) is 30.5 Å². The van der Waals surface area contributed by atoms with Gasteiger partial charge in [-0.3, -0.25) is 9.98 Å². The maximum absolute atomic E-state index is 4.92. The molecule has 0 fully saturated rings. The van der Waals surface area contributed by atoms with Gasteiger partial charge in [0.2, 0.25) is 0 Å². The van der Waals surface area contributed by atoms with E-state index in [1.54, 1.807) is 0 Å². The summed E-state index contributed by atoms with van der Waals surface area (Å²) in [4.78, 5) is 11.7. The molecular formula is C50H38N4. The SMILES string of the molecule is C=CC1=C(C=C)C(C)(C)c2cc3c(cc21)c1ccccc1n3-c1cccc(-c2ccc3c(c2)-c2c(ccc4cccnc24)CN3c2ccccc2N=C)c1. The molecule has 0 spiro atoms. The molecule has 0 saturated heterocycles. The first-order valence-electron chi connectivity index (χ1n) is 18.4. The second-order valence-electron chi connectivity index (χ2n) is 14.8. The van der Waals surface area contributed by atoms with Crippen LogP contribution in [0.3, 0.4) is 0 Å². The maximum atomic E-state index is 4.92. The molecule has 8 aromatic rings. The largest absolute Gasteiger partial charge is 0.335 e. The summed E-state index contributed by atoms with van der Waals surface area (Å²) in [7, 11) is 0. The number of nitrogens with zero attached hydrogens (tertiary/aromatic N) is 4. The zero-order chi connectivity index (χ0) is 36.7. The molecule has 6 aromatic carbocycles. The third-order valence-electron chi connectivity index (χ3n) is 11.7. The third kappa shape index (κ3) is 4.50. The molecule has 0 N–H and O–H groups in total. The van der Waals surface area contributed by atoms with Gasteiger partial charge in [-0.25, -0.2) is 0 Å². The fraction of sp³-hybridized carbons (Fsp3) is 0.0800. The Hall–Kier alpha value is -6.78. The van der Waals surface area contributed by atoms with Gasteiger partial charge in [0, 0.05) is 56.8 Å². The summed E-state index contributed by atoms with van der Waals surface area (Å²) in [5.74, 6) is 0. The quantitative estimate of drug-likeness (QED) is 0.162. The van der Waals surface area contributed by atoms with Crippen LogP contribution in [0.5, 0.6) is 0 Å². The predicted octanol–water partition coefficient (Wildman–Crippen LogP) is 13.1. The molecule has 1 aliphatic carbocycles. The Bertz CT molecular complexity index is 2950. The van der Waals surface area contributed by atoms with Gasteiger partial charge in [0.15, 0.2) is 0 Å². The number of hydrogen-bond donors (Lipinski definition) is 0. The average Bonchev–Trinajstić information content (AvgIpc) is 3.65. The van der Waals surface area contributed by atoms with Crippen molar-refractivity contribution in [1.29, 1.82) is 0 Å². The standard InChI is InChI=1S/C50H38N4/c1-6-36-38-28-39-37-17-8-10-19-45(37)54(47(39)29-42(38)50(3,4)41(36)7-2)35-16-12-14-32(26-35)33-23-24-44-40(27-33)48-34(22-21-31-15-13-25-52-49(31)48)30-53(44)46-20-11-9-18-43(46)51-5/h6-29H,1-2,5,30H2,3-4H3. The van der Waals surface area contributed by atoms with Gasteiger partial charge >= 0.3 is 0 Å². The van der Waals surface area contributed by atoms with Crippen LogP contribution >= 0.6 is 0 Å². The first kappa shape index (κ1) is 31.9. The summed E-state index contributed by atoms with van der Waals surface area (Å²) >= 11 is 0. The van der Waals surface area contributed by atoms with E-state index < -0.39 is 0 Å². The fourth-order valence-corrected chi connectivity index (χ4v) is 9.14. The molecule has 2 aromatic heterocycles. The van der Waals surface area contributed by atoms with Crippen molar-refractivity contribution in [2.45, 2.75) is 25.8 Å². The molecule has 1 aliphatic heterocycles. The van der Waals surface area contributed by atoms with Crippen LogP contribution in [-0.4, -0.2) is 16.3 Å². The molecule has 0 radical (unpaired) electrons. The van der Waals surface area contributed by atoms with Crippen molar-refractivity contribution in [3.05, 3.63) is 181 Å². The number of allylic oxidation sites excluding steroid dienone is 4. The molecule has 0 unspecified atom stereocenters. The Balaban J connectivity index is 1.17. The molecule has 0 bridgehead atoms. The zero-order valence-electron chi connectivity index (χ0n) is 30.5. The molecule has 4 heteroatoms. The highest BCUT2D eigenvalue weighted by atomic mass is 15.2. The van der Waals surface area contributed by atoms with E-state index in [4.69, 9.17) is 4.98 Å². The number of pyridine rings is 1. The van der Waals surface area contributed by atoms with Gasteiger partial charge in [0.05, 0.1) is 27.9 Å². The van der Waals surface area contributed by atoms with E-state index in [0.717, 1.165) is 50.3 Å². The molecule has 2 aliphatic rings. The number of benzene rings is 6. The number of para-hydroxylation sites is 3. The zero-order valence-corrected chi connectivity index (χ0v) is 30.5. The average molecular weight is 695 g/mol. The molecule has 0 amide bonds. The van der Waals surface area contributed by atoms with Crippen LogP contribution in [0, 0.1) is 0 Å². The van der Waals surface area contributed by atoms with E-state index >= 15 is 0 Å². The lowest BCUT2D eigenvalue weighted by atomic mass is 9.81. The van der Waals surface area contributed by atoms with Crippen molar-refractivity contribution in [2.24, 2.45) is 4.99 Å². The molecule has 10 rings (SSSR count). The Morgan fingerprint density at radius 1 is 0.704 bits per heavy atom. The maximum Gasteiger partial charge on any atom is 0.0859 e. The van der Waals surface area contributed by atoms with Gasteiger partial charge in [-0.1, -0.05) is 106 Å². The molecule has 258 valence electrons. The van der Waals surface area contributed by atoms with E-state index in [0.29, 0.717) is 6.54 Å². The van der Waals surface area contributed by atoms with Gasteiger partial charge in [-0.05, 0) is 106 Å². The van der Waals surface area contributed by atoms with Gasteiger partial charge < -0.3 is 9.47 Å².